The number of carbonyl (C=O) groups excluding carboxylic acids is 1. The van der Waals surface area contributed by atoms with Gasteiger partial charge >= 0.3 is 0 Å². The molecule has 0 saturated heterocycles. The van der Waals surface area contributed by atoms with E-state index < -0.39 is 0 Å². The fraction of sp³-hybridized carbons (Fsp3) is 0.462. The lowest BCUT2D eigenvalue weighted by atomic mass is 9.91. The molecule has 0 fully saturated rings. The van der Waals surface area contributed by atoms with Crippen molar-refractivity contribution in [2.24, 2.45) is 0 Å². The summed E-state index contributed by atoms with van der Waals surface area (Å²) in [6, 6.07) is 8.34. The standard InChI is InChI=1S/C13H18N2O/c1-2-13(16)15-9-10-7-8-14-12-6-4-3-5-11(10)12/h3-6,10,14H,2,7-9H2,1H3,(H,15,16). The second kappa shape index (κ2) is 5.01. The summed E-state index contributed by atoms with van der Waals surface area (Å²) in [4.78, 5) is 11.2. The average Bonchev–Trinajstić information content (AvgIpc) is 2.35. The number of fused-ring (bicyclic) bond motifs is 1. The molecule has 2 rings (SSSR count). The van der Waals surface area contributed by atoms with Crippen LogP contribution in [0.1, 0.15) is 31.2 Å². The Morgan fingerprint density at radius 2 is 2.31 bits per heavy atom. The molecule has 0 bridgehead atoms. The normalized spacial score (nSPS) is 18.4. The van der Waals surface area contributed by atoms with Crippen LogP contribution in [0.3, 0.4) is 0 Å². The number of nitrogens with one attached hydrogen (secondary N) is 2. The highest BCUT2D eigenvalue weighted by molar-refractivity contribution is 5.75. The zero-order chi connectivity index (χ0) is 11.4. The molecule has 16 heavy (non-hydrogen) atoms. The van der Waals surface area contributed by atoms with Crippen LogP contribution in [0, 0.1) is 0 Å². The van der Waals surface area contributed by atoms with Gasteiger partial charge in [0.15, 0.2) is 0 Å². The van der Waals surface area contributed by atoms with Crippen molar-refractivity contribution in [2.75, 3.05) is 18.4 Å². The van der Waals surface area contributed by atoms with E-state index in [-0.39, 0.29) is 5.91 Å². The number of para-hydroxylation sites is 1. The highest BCUT2D eigenvalue weighted by Gasteiger charge is 2.19. The Morgan fingerprint density at radius 3 is 3.12 bits per heavy atom. The van der Waals surface area contributed by atoms with Crippen LogP contribution in [0.15, 0.2) is 24.3 Å². The third-order valence-electron chi connectivity index (χ3n) is 3.08. The van der Waals surface area contributed by atoms with Gasteiger partial charge in [-0.25, -0.2) is 0 Å². The van der Waals surface area contributed by atoms with Crippen LogP contribution in [0.25, 0.3) is 0 Å². The predicted octanol–water partition coefficient (Wildman–Crippen LogP) is 2.11. The van der Waals surface area contributed by atoms with E-state index in [1.54, 1.807) is 0 Å². The zero-order valence-corrected chi connectivity index (χ0v) is 9.62. The molecule has 3 heteroatoms. The molecule has 3 nitrogen and oxygen atoms in total. The maximum atomic E-state index is 11.2. The molecule has 2 N–H and O–H groups in total. The first-order valence-corrected chi connectivity index (χ1v) is 5.90. The second-order valence-corrected chi connectivity index (χ2v) is 4.16. The minimum Gasteiger partial charge on any atom is -0.385 e. The molecule has 1 atom stereocenters. The summed E-state index contributed by atoms with van der Waals surface area (Å²) in [6.45, 7) is 3.63. The van der Waals surface area contributed by atoms with Crippen LogP contribution in [0.2, 0.25) is 0 Å². The van der Waals surface area contributed by atoms with Gasteiger partial charge in [-0.15, -0.1) is 0 Å². The van der Waals surface area contributed by atoms with E-state index in [9.17, 15) is 4.79 Å². The molecule has 1 aromatic carbocycles. The van der Waals surface area contributed by atoms with Gasteiger partial charge in [-0.2, -0.15) is 0 Å². The molecule has 1 unspecified atom stereocenters. The van der Waals surface area contributed by atoms with Crippen molar-refractivity contribution >= 4 is 11.6 Å². The van der Waals surface area contributed by atoms with Gasteiger partial charge in [-0.05, 0) is 18.1 Å². The molecule has 1 aromatic rings. The van der Waals surface area contributed by atoms with E-state index >= 15 is 0 Å². The lowest BCUT2D eigenvalue weighted by Crippen LogP contribution is -2.30. The third-order valence-corrected chi connectivity index (χ3v) is 3.08. The zero-order valence-electron chi connectivity index (χ0n) is 9.62. The van der Waals surface area contributed by atoms with E-state index in [0.29, 0.717) is 12.3 Å². The van der Waals surface area contributed by atoms with Gasteiger partial charge in [0, 0.05) is 31.1 Å². The molecule has 1 amide bonds. The monoisotopic (exact) mass is 218 g/mol. The minimum absolute atomic E-state index is 0.135. The molecule has 0 radical (unpaired) electrons. The van der Waals surface area contributed by atoms with Crippen LogP contribution in [-0.2, 0) is 4.79 Å². The maximum Gasteiger partial charge on any atom is 0.219 e. The van der Waals surface area contributed by atoms with Gasteiger partial charge in [0.2, 0.25) is 5.91 Å². The first kappa shape index (κ1) is 11.0. The Balaban J connectivity index is 2.04. The van der Waals surface area contributed by atoms with Crippen LogP contribution in [0.5, 0.6) is 0 Å². The topological polar surface area (TPSA) is 41.1 Å². The fourth-order valence-corrected chi connectivity index (χ4v) is 2.12. The van der Waals surface area contributed by atoms with E-state index in [0.717, 1.165) is 19.5 Å². The molecule has 1 aliphatic heterocycles. The van der Waals surface area contributed by atoms with E-state index in [4.69, 9.17) is 0 Å². The smallest absolute Gasteiger partial charge is 0.219 e. The molecule has 0 spiro atoms. The van der Waals surface area contributed by atoms with Crippen molar-refractivity contribution in [3.63, 3.8) is 0 Å². The Hall–Kier alpha value is -1.51. The summed E-state index contributed by atoms with van der Waals surface area (Å²) >= 11 is 0. The Morgan fingerprint density at radius 1 is 1.50 bits per heavy atom. The number of hydrogen-bond donors (Lipinski definition) is 2. The number of carbonyl (C=O) groups is 1. The molecule has 0 saturated carbocycles. The summed E-state index contributed by atoms with van der Waals surface area (Å²) < 4.78 is 0. The van der Waals surface area contributed by atoms with E-state index in [1.165, 1.54) is 11.3 Å². The quantitative estimate of drug-likeness (QED) is 0.816. The Labute approximate surface area is 96.2 Å². The van der Waals surface area contributed by atoms with Crippen molar-refractivity contribution in [1.29, 1.82) is 0 Å². The predicted molar refractivity (Wildman–Crippen MR) is 65.6 cm³/mol. The Bertz CT molecular complexity index is 376. The largest absolute Gasteiger partial charge is 0.385 e. The number of rotatable bonds is 3. The number of benzene rings is 1. The number of hydrogen-bond acceptors (Lipinski definition) is 2. The first-order valence-electron chi connectivity index (χ1n) is 5.90. The molecular formula is C13H18N2O. The van der Waals surface area contributed by atoms with E-state index in [2.05, 4.69) is 28.8 Å². The van der Waals surface area contributed by atoms with Crippen molar-refractivity contribution in [2.45, 2.75) is 25.7 Å². The van der Waals surface area contributed by atoms with Crippen molar-refractivity contribution in [3.05, 3.63) is 29.8 Å². The van der Waals surface area contributed by atoms with Crippen LogP contribution < -0.4 is 10.6 Å². The molecular weight excluding hydrogens is 200 g/mol. The third kappa shape index (κ3) is 2.35. The van der Waals surface area contributed by atoms with Gasteiger partial charge in [0.25, 0.3) is 0 Å². The van der Waals surface area contributed by atoms with Gasteiger partial charge < -0.3 is 10.6 Å². The first-order chi connectivity index (χ1) is 7.81. The molecule has 0 aromatic heterocycles. The fourth-order valence-electron chi connectivity index (χ4n) is 2.12. The summed E-state index contributed by atoms with van der Waals surface area (Å²) in [7, 11) is 0. The minimum atomic E-state index is 0.135. The van der Waals surface area contributed by atoms with Crippen LogP contribution >= 0.6 is 0 Å². The van der Waals surface area contributed by atoms with Crippen molar-refractivity contribution < 1.29 is 4.79 Å². The van der Waals surface area contributed by atoms with Crippen molar-refractivity contribution in [3.8, 4) is 0 Å². The molecule has 1 heterocycles. The summed E-state index contributed by atoms with van der Waals surface area (Å²) in [5.41, 5.74) is 2.54. The van der Waals surface area contributed by atoms with Crippen LogP contribution in [0.4, 0.5) is 5.69 Å². The summed E-state index contributed by atoms with van der Waals surface area (Å²) in [5.74, 6) is 0.587. The average molecular weight is 218 g/mol. The van der Waals surface area contributed by atoms with Crippen LogP contribution in [-0.4, -0.2) is 19.0 Å². The highest BCUT2D eigenvalue weighted by Crippen LogP contribution is 2.30. The SMILES string of the molecule is CCC(=O)NCC1CCNc2ccccc21. The van der Waals surface area contributed by atoms with Crippen molar-refractivity contribution in [1.82, 2.24) is 5.32 Å². The number of anilines is 1. The summed E-state index contributed by atoms with van der Waals surface area (Å²) in [6.07, 6.45) is 1.65. The van der Waals surface area contributed by atoms with Gasteiger partial charge in [0.1, 0.15) is 0 Å². The second-order valence-electron chi connectivity index (χ2n) is 4.16. The lowest BCUT2D eigenvalue weighted by Gasteiger charge is -2.26. The van der Waals surface area contributed by atoms with E-state index in [1.807, 2.05) is 13.0 Å². The number of amides is 1. The molecule has 0 aliphatic carbocycles. The van der Waals surface area contributed by atoms with Gasteiger partial charge in [-0.3, -0.25) is 4.79 Å². The Kier molecular flexibility index (Phi) is 3.44. The highest BCUT2D eigenvalue weighted by atomic mass is 16.1. The maximum absolute atomic E-state index is 11.2. The van der Waals surface area contributed by atoms with Gasteiger partial charge in [-0.1, -0.05) is 25.1 Å². The molecule has 1 aliphatic rings. The lowest BCUT2D eigenvalue weighted by molar-refractivity contribution is -0.120. The molecule has 86 valence electrons. The summed E-state index contributed by atoms with van der Waals surface area (Å²) in [5, 5.41) is 6.36. The van der Waals surface area contributed by atoms with Gasteiger partial charge in [0.05, 0.1) is 0 Å².